The first-order chi connectivity index (χ1) is 6.08. The van der Waals surface area contributed by atoms with E-state index in [4.69, 9.17) is 4.52 Å². The molecule has 1 aromatic rings. The smallest absolute Gasteiger partial charge is 0.250 e. The van der Waals surface area contributed by atoms with Gasteiger partial charge in [-0.2, -0.15) is 4.98 Å². The van der Waals surface area contributed by atoms with E-state index < -0.39 is 10.8 Å². The van der Waals surface area contributed by atoms with Gasteiger partial charge in [-0.05, 0) is 13.8 Å². The van der Waals surface area contributed by atoms with Gasteiger partial charge < -0.3 is 4.52 Å². The fourth-order valence-electron chi connectivity index (χ4n) is 0.813. The van der Waals surface area contributed by atoms with E-state index in [9.17, 15) is 4.21 Å². The van der Waals surface area contributed by atoms with Crippen LogP contribution in [0.15, 0.2) is 10.1 Å². The average molecular weight is 200 g/mol. The van der Waals surface area contributed by atoms with Gasteiger partial charge in [0.05, 0.1) is 5.75 Å². The molecule has 0 N–H and O–H groups in total. The fourth-order valence-corrected chi connectivity index (χ4v) is 1.29. The molecule has 0 saturated heterocycles. The number of nitrogens with zero attached hydrogens (tertiary/aromatic N) is 2. The molecule has 0 aliphatic rings. The zero-order chi connectivity index (χ0) is 9.84. The number of hydrogen-bond donors (Lipinski definition) is 0. The average Bonchev–Trinajstić information content (AvgIpc) is 2.33. The molecule has 1 aromatic heterocycles. The van der Waals surface area contributed by atoms with Crippen LogP contribution in [0.5, 0.6) is 0 Å². The third kappa shape index (κ3) is 3.50. The van der Waals surface area contributed by atoms with Gasteiger partial charge in [-0.15, -0.1) is 0 Å². The third-order valence-corrected chi connectivity index (χ3v) is 1.89. The Morgan fingerprint density at radius 1 is 1.62 bits per heavy atom. The molecule has 0 aromatic carbocycles. The maximum absolute atomic E-state index is 10.8. The molecule has 0 saturated carbocycles. The lowest BCUT2D eigenvalue weighted by atomic mass is 10.3. The first kappa shape index (κ1) is 10.1. The summed E-state index contributed by atoms with van der Waals surface area (Å²) in [5.41, 5.74) is 1.09. The molecular formula is C8H12N2O2S. The lowest BCUT2D eigenvalue weighted by Gasteiger charge is -1.85. The monoisotopic (exact) mass is 200 g/mol. The fraction of sp³-hybridized carbons (Fsp3) is 0.500. The molecule has 0 bridgehead atoms. The van der Waals surface area contributed by atoms with Gasteiger partial charge in [0.15, 0.2) is 5.82 Å². The van der Waals surface area contributed by atoms with Crippen LogP contribution < -0.4 is 0 Å². The molecule has 5 heteroatoms. The topological polar surface area (TPSA) is 56.0 Å². The van der Waals surface area contributed by atoms with Gasteiger partial charge >= 0.3 is 0 Å². The molecule has 72 valence electrons. The molecule has 1 unspecified atom stereocenters. The van der Waals surface area contributed by atoms with Crippen molar-refractivity contribution in [3.8, 4) is 0 Å². The van der Waals surface area contributed by atoms with Crippen molar-refractivity contribution in [1.29, 1.82) is 0 Å². The molecule has 0 fully saturated rings. The second-order valence-electron chi connectivity index (χ2n) is 2.99. The van der Waals surface area contributed by atoms with Gasteiger partial charge in [0, 0.05) is 23.1 Å². The Morgan fingerprint density at radius 3 is 2.85 bits per heavy atom. The molecule has 0 amide bonds. The van der Waals surface area contributed by atoms with E-state index in [1.807, 2.05) is 13.8 Å². The Bertz CT molecular complexity index is 340. The number of hydrogen-bond acceptors (Lipinski definition) is 4. The highest BCUT2D eigenvalue weighted by molar-refractivity contribution is 7.83. The summed E-state index contributed by atoms with van der Waals surface area (Å²) in [5, 5.41) is 3.69. The number of aromatic nitrogens is 2. The SMILES string of the molecule is CC(C)=Cc1nc(CS(C)=O)no1. The van der Waals surface area contributed by atoms with E-state index in [0.717, 1.165) is 5.57 Å². The Labute approximate surface area is 79.5 Å². The minimum atomic E-state index is -0.922. The van der Waals surface area contributed by atoms with E-state index in [2.05, 4.69) is 10.1 Å². The van der Waals surface area contributed by atoms with Gasteiger partial charge in [0.2, 0.25) is 0 Å². The third-order valence-electron chi connectivity index (χ3n) is 1.23. The van der Waals surface area contributed by atoms with E-state index in [1.165, 1.54) is 0 Å². The van der Waals surface area contributed by atoms with E-state index in [0.29, 0.717) is 17.5 Å². The molecule has 1 atom stereocenters. The maximum atomic E-state index is 10.8. The van der Waals surface area contributed by atoms with E-state index in [1.54, 1.807) is 12.3 Å². The van der Waals surface area contributed by atoms with Crippen molar-refractivity contribution >= 4 is 16.9 Å². The summed E-state index contributed by atoms with van der Waals surface area (Å²) in [4.78, 5) is 4.04. The first-order valence-electron chi connectivity index (χ1n) is 3.85. The number of rotatable bonds is 3. The quantitative estimate of drug-likeness (QED) is 0.739. The minimum Gasteiger partial charge on any atom is -0.335 e. The van der Waals surface area contributed by atoms with Crippen LogP contribution in [-0.2, 0) is 16.6 Å². The van der Waals surface area contributed by atoms with Crippen molar-refractivity contribution in [2.24, 2.45) is 0 Å². The molecule has 1 heterocycles. The van der Waals surface area contributed by atoms with Gasteiger partial charge in [-0.1, -0.05) is 10.7 Å². The highest BCUT2D eigenvalue weighted by atomic mass is 32.2. The lowest BCUT2D eigenvalue weighted by Crippen LogP contribution is -1.93. The highest BCUT2D eigenvalue weighted by Crippen LogP contribution is 2.04. The standard InChI is InChI=1S/C8H12N2O2S/c1-6(2)4-8-9-7(10-12-8)5-13(3)11/h4H,5H2,1-3H3. The van der Waals surface area contributed by atoms with Crippen molar-refractivity contribution in [3.63, 3.8) is 0 Å². The van der Waals surface area contributed by atoms with Crippen LogP contribution in [0.1, 0.15) is 25.6 Å². The Hall–Kier alpha value is -0.970. The molecule has 1 rings (SSSR count). The molecule has 0 spiro atoms. The summed E-state index contributed by atoms with van der Waals surface area (Å²) >= 11 is 0. The summed E-state index contributed by atoms with van der Waals surface area (Å²) in [6, 6.07) is 0. The second kappa shape index (κ2) is 4.32. The van der Waals surface area contributed by atoms with Crippen molar-refractivity contribution in [3.05, 3.63) is 17.3 Å². The van der Waals surface area contributed by atoms with Crippen molar-refractivity contribution in [1.82, 2.24) is 10.1 Å². The summed E-state index contributed by atoms with van der Waals surface area (Å²) in [7, 11) is -0.922. The Morgan fingerprint density at radius 2 is 2.31 bits per heavy atom. The van der Waals surface area contributed by atoms with Crippen LogP contribution in [0, 0.1) is 0 Å². The predicted octanol–water partition coefficient (Wildman–Crippen LogP) is 1.37. The van der Waals surface area contributed by atoms with E-state index in [-0.39, 0.29) is 0 Å². The predicted molar refractivity (Wildman–Crippen MR) is 51.4 cm³/mol. The molecule has 13 heavy (non-hydrogen) atoms. The van der Waals surface area contributed by atoms with Gasteiger partial charge in [0.1, 0.15) is 0 Å². The molecule has 0 aliphatic carbocycles. The molecular weight excluding hydrogens is 188 g/mol. The lowest BCUT2D eigenvalue weighted by molar-refractivity contribution is 0.404. The zero-order valence-electron chi connectivity index (χ0n) is 7.90. The van der Waals surface area contributed by atoms with Gasteiger partial charge in [-0.3, -0.25) is 4.21 Å². The van der Waals surface area contributed by atoms with Crippen LogP contribution in [0.4, 0.5) is 0 Å². The molecule has 0 aliphatic heterocycles. The zero-order valence-corrected chi connectivity index (χ0v) is 8.72. The van der Waals surface area contributed by atoms with Gasteiger partial charge in [0.25, 0.3) is 5.89 Å². The van der Waals surface area contributed by atoms with Crippen LogP contribution in [0.3, 0.4) is 0 Å². The normalized spacial score (nSPS) is 12.5. The Kier molecular flexibility index (Phi) is 3.36. The van der Waals surface area contributed by atoms with Crippen molar-refractivity contribution in [2.75, 3.05) is 6.26 Å². The number of allylic oxidation sites excluding steroid dienone is 1. The van der Waals surface area contributed by atoms with E-state index >= 15 is 0 Å². The summed E-state index contributed by atoms with van der Waals surface area (Å²) < 4.78 is 15.7. The first-order valence-corrected chi connectivity index (χ1v) is 5.58. The molecule has 4 nitrogen and oxygen atoms in total. The van der Waals surface area contributed by atoms with Crippen LogP contribution in [0.25, 0.3) is 6.08 Å². The van der Waals surface area contributed by atoms with Crippen molar-refractivity contribution in [2.45, 2.75) is 19.6 Å². The van der Waals surface area contributed by atoms with Crippen LogP contribution >= 0.6 is 0 Å². The summed E-state index contributed by atoms with van der Waals surface area (Å²) in [6.07, 6.45) is 3.39. The maximum Gasteiger partial charge on any atom is 0.250 e. The molecule has 0 radical (unpaired) electrons. The second-order valence-corrected chi connectivity index (χ2v) is 4.42. The van der Waals surface area contributed by atoms with Crippen LogP contribution in [0.2, 0.25) is 0 Å². The van der Waals surface area contributed by atoms with Crippen LogP contribution in [-0.4, -0.2) is 20.6 Å². The Balaban J connectivity index is 2.75. The van der Waals surface area contributed by atoms with Gasteiger partial charge in [-0.25, -0.2) is 0 Å². The summed E-state index contributed by atoms with van der Waals surface area (Å²) in [6.45, 7) is 3.89. The van der Waals surface area contributed by atoms with Crippen molar-refractivity contribution < 1.29 is 8.73 Å². The largest absolute Gasteiger partial charge is 0.335 e. The minimum absolute atomic E-state index is 0.347. The highest BCUT2D eigenvalue weighted by Gasteiger charge is 2.04. The summed E-state index contributed by atoms with van der Waals surface area (Å²) in [5.74, 6) is 1.31.